The second-order valence-electron chi connectivity index (χ2n) is 4.81. The molecule has 0 radical (unpaired) electrons. The Hall–Kier alpha value is -0.410. The highest BCUT2D eigenvalue weighted by molar-refractivity contribution is 9.10. The van der Waals surface area contributed by atoms with Gasteiger partial charge in [0, 0.05) is 6.04 Å². The van der Waals surface area contributed by atoms with Crippen LogP contribution < -0.4 is 5.32 Å². The van der Waals surface area contributed by atoms with E-state index < -0.39 is 0 Å². The highest BCUT2D eigenvalue weighted by atomic mass is 79.9. The smallest absolute Gasteiger partial charge is 0.137 e. The molecule has 17 heavy (non-hydrogen) atoms. The number of benzene rings is 1. The second kappa shape index (κ2) is 5.96. The quantitative estimate of drug-likeness (QED) is 0.871. The maximum atomic E-state index is 13.6. The van der Waals surface area contributed by atoms with Gasteiger partial charge in [-0.2, -0.15) is 0 Å². The maximum Gasteiger partial charge on any atom is 0.137 e. The fourth-order valence-electron chi connectivity index (χ4n) is 2.87. The van der Waals surface area contributed by atoms with E-state index in [1.54, 1.807) is 6.07 Å². The van der Waals surface area contributed by atoms with Crippen molar-refractivity contribution >= 4 is 15.9 Å². The van der Waals surface area contributed by atoms with Crippen molar-refractivity contribution in [2.45, 2.75) is 38.1 Å². The molecule has 2 rings (SSSR count). The van der Waals surface area contributed by atoms with Crippen LogP contribution in [0.5, 0.6) is 0 Å². The molecule has 1 aliphatic rings. The number of halogens is 2. The van der Waals surface area contributed by atoms with Crippen molar-refractivity contribution in [2.75, 3.05) is 7.05 Å². The van der Waals surface area contributed by atoms with E-state index in [2.05, 4.69) is 21.2 Å². The van der Waals surface area contributed by atoms with Gasteiger partial charge in [-0.1, -0.05) is 31.4 Å². The summed E-state index contributed by atoms with van der Waals surface area (Å²) in [4.78, 5) is 0. The fourth-order valence-corrected chi connectivity index (χ4v) is 3.38. The first-order valence-electron chi connectivity index (χ1n) is 6.35. The van der Waals surface area contributed by atoms with Crippen LogP contribution in [0.15, 0.2) is 22.7 Å². The molecule has 0 heterocycles. The van der Waals surface area contributed by atoms with E-state index in [4.69, 9.17) is 0 Å². The monoisotopic (exact) mass is 299 g/mol. The Kier molecular flexibility index (Phi) is 4.57. The lowest BCUT2D eigenvalue weighted by atomic mass is 9.81. The topological polar surface area (TPSA) is 12.0 Å². The van der Waals surface area contributed by atoms with Gasteiger partial charge in [0.25, 0.3) is 0 Å². The first-order valence-corrected chi connectivity index (χ1v) is 7.14. The van der Waals surface area contributed by atoms with Crippen LogP contribution in [0.4, 0.5) is 4.39 Å². The van der Waals surface area contributed by atoms with Gasteiger partial charge < -0.3 is 5.32 Å². The molecule has 1 fully saturated rings. The fraction of sp³-hybridized carbons (Fsp3) is 0.571. The van der Waals surface area contributed by atoms with E-state index in [1.807, 2.05) is 13.1 Å². The number of nitrogens with one attached hydrogen (secondary N) is 1. The van der Waals surface area contributed by atoms with Gasteiger partial charge >= 0.3 is 0 Å². The lowest BCUT2D eigenvalue weighted by Crippen LogP contribution is -2.27. The Bertz CT molecular complexity index is 374. The third-order valence-electron chi connectivity index (χ3n) is 3.75. The molecule has 1 aliphatic carbocycles. The van der Waals surface area contributed by atoms with Crippen molar-refractivity contribution in [1.29, 1.82) is 0 Å². The standard InChI is InChI=1S/C14H19BrFN/c1-17-14(10-6-3-2-4-7-10)11-8-5-9-12(16)13(11)15/h5,8-10,14,17H,2-4,6-7H2,1H3. The zero-order chi connectivity index (χ0) is 12.3. The zero-order valence-corrected chi connectivity index (χ0v) is 11.8. The molecular weight excluding hydrogens is 281 g/mol. The lowest BCUT2D eigenvalue weighted by molar-refractivity contribution is 0.280. The summed E-state index contributed by atoms with van der Waals surface area (Å²) in [6.45, 7) is 0. The van der Waals surface area contributed by atoms with E-state index in [0.717, 1.165) is 5.56 Å². The van der Waals surface area contributed by atoms with Crippen molar-refractivity contribution in [3.05, 3.63) is 34.1 Å². The normalized spacial score (nSPS) is 19.2. The number of hydrogen-bond donors (Lipinski definition) is 1. The summed E-state index contributed by atoms with van der Waals surface area (Å²) in [6, 6.07) is 5.58. The molecule has 0 amide bonds. The van der Waals surface area contributed by atoms with E-state index >= 15 is 0 Å². The Morgan fingerprint density at radius 3 is 2.65 bits per heavy atom. The minimum atomic E-state index is -0.168. The van der Waals surface area contributed by atoms with Crippen molar-refractivity contribution in [3.8, 4) is 0 Å². The summed E-state index contributed by atoms with van der Waals surface area (Å²) >= 11 is 3.37. The molecule has 1 atom stereocenters. The van der Waals surface area contributed by atoms with Gasteiger partial charge in [-0.05, 0) is 53.4 Å². The van der Waals surface area contributed by atoms with Crippen LogP contribution >= 0.6 is 15.9 Å². The van der Waals surface area contributed by atoms with Crippen LogP contribution in [-0.2, 0) is 0 Å². The third-order valence-corrected chi connectivity index (χ3v) is 4.59. The minimum absolute atomic E-state index is 0.168. The summed E-state index contributed by atoms with van der Waals surface area (Å²) < 4.78 is 14.2. The summed E-state index contributed by atoms with van der Waals surface area (Å²) in [5.41, 5.74) is 1.06. The molecule has 0 spiro atoms. The average molecular weight is 300 g/mol. The van der Waals surface area contributed by atoms with Crippen LogP contribution in [0.3, 0.4) is 0 Å². The first-order chi connectivity index (χ1) is 8.24. The van der Waals surface area contributed by atoms with E-state index in [-0.39, 0.29) is 11.9 Å². The summed E-state index contributed by atoms with van der Waals surface area (Å²) in [5, 5.41) is 3.36. The molecule has 0 aromatic heterocycles. The van der Waals surface area contributed by atoms with Gasteiger partial charge in [0.05, 0.1) is 4.47 Å². The van der Waals surface area contributed by atoms with E-state index in [9.17, 15) is 4.39 Å². The van der Waals surface area contributed by atoms with Gasteiger partial charge in [0.1, 0.15) is 5.82 Å². The Balaban J connectivity index is 2.24. The largest absolute Gasteiger partial charge is 0.313 e. The van der Waals surface area contributed by atoms with Crippen molar-refractivity contribution in [2.24, 2.45) is 5.92 Å². The van der Waals surface area contributed by atoms with Crippen LogP contribution in [0.1, 0.15) is 43.7 Å². The molecule has 0 bridgehead atoms. The van der Waals surface area contributed by atoms with E-state index in [0.29, 0.717) is 10.4 Å². The average Bonchev–Trinajstić information content (AvgIpc) is 2.37. The highest BCUT2D eigenvalue weighted by Crippen LogP contribution is 2.37. The molecule has 1 aromatic carbocycles. The molecular formula is C14H19BrFN. The number of hydrogen-bond acceptors (Lipinski definition) is 1. The van der Waals surface area contributed by atoms with Crippen molar-refractivity contribution in [1.82, 2.24) is 5.32 Å². The van der Waals surface area contributed by atoms with Gasteiger partial charge in [0.2, 0.25) is 0 Å². The lowest BCUT2D eigenvalue weighted by Gasteiger charge is -2.31. The van der Waals surface area contributed by atoms with Gasteiger partial charge in [0.15, 0.2) is 0 Å². The van der Waals surface area contributed by atoms with Crippen molar-refractivity contribution < 1.29 is 4.39 Å². The van der Waals surface area contributed by atoms with Crippen molar-refractivity contribution in [3.63, 3.8) is 0 Å². The third kappa shape index (κ3) is 2.89. The first kappa shape index (κ1) is 13.0. The maximum absolute atomic E-state index is 13.6. The predicted octanol–water partition coefficient (Wildman–Crippen LogP) is 4.43. The molecule has 3 heteroatoms. The van der Waals surface area contributed by atoms with E-state index in [1.165, 1.54) is 38.2 Å². The van der Waals surface area contributed by atoms with Crippen LogP contribution in [0.25, 0.3) is 0 Å². The number of rotatable bonds is 3. The Morgan fingerprint density at radius 2 is 2.00 bits per heavy atom. The SMILES string of the molecule is CNC(c1cccc(F)c1Br)C1CCCCC1. The minimum Gasteiger partial charge on any atom is -0.313 e. The summed E-state index contributed by atoms with van der Waals surface area (Å²) in [7, 11) is 1.97. The highest BCUT2D eigenvalue weighted by Gasteiger charge is 2.25. The van der Waals surface area contributed by atoms with Crippen LogP contribution in [0.2, 0.25) is 0 Å². The molecule has 1 aromatic rings. The molecule has 1 N–H and O–H groups in total. The second-order valence-corrected chi connectivity index (χ2v) is 5.60. The molecule has 1 unspecified atom stereocenters. The Morgan fingerprint density at radius 1 is 1.29 bits per heavy atom. The molecule has 1 saturated carbocycles. The zero-order valence-electron chi connectivity index (χ0n) is 10.2. The molecule has 94 valence electrons. The Labute approximate surface area is 111 Å². The van der Waals surface area contributed by atoms with Gasteiger partial charge in [-0.25, -0.2) is 4.39 Å². The van der Waals surface area contributed by atoms with Gasteiger partial charge in [-0.15, -0.1) is 0 Å². The predicted molar refractivity (Wildman–Crippen MR) is 72.5 cm³/mol. The van der Waals surface area contributed by atoms with Crippen LogP contribution in [0, 0.1) is 11.7 Å². The van der Waals surface area contributed by atoms with Crippen LogP contribution in [-0.4, -0.2) is 7.05 Å². The molecule has 0 saturated heterocycles. The molecule has 0 aliphatic heterocycles. The summed E-state index contributed by atoms with van der Waals surface area (Å²) in [5.74, 6) is 0.463. The van der Waals surface area contributed by atoms with Gasteiger partial charge in [-0.3, -0.25) is 0 Å². The molecule has 1 nitrogen and oxygen atoms in total. The summed E-state index contributed by atoms with van der Waals surface area (Å²) in [6.07, 6.45) is 6.44.